The summed E-state index contributed by atoms with van der Waals surface area (Å²) < 4.78 is 5.73. The molecular formula is C26H43N3O. The summed E-state index contributed by atoms with van der Waals surface area (Å²) in [5.41, 5.74) is 3.80. The van der Waals surface area contributed by atoms with Crippen molar-refractivity contribution in [1.29, 1.82) is 0 Å². The molecule has 0 aliphatic heterocycles. The predicted molar refractivity (Wildman–Crippen MR) is 127 cm³/mol. The van der Waals surface area contributed by atoms with E-state index in [1.165, 1.54) is 36.8 Å². The third kappa shape index (κ3) is 5.64. The molecule has 3 rings (SSSR count). The first kappa shape index (κ1) is 23.3. The van der Waals surface area contributed by atoms with Gasteiger partial charge in [-0.15, -0.1) is 0 Å². The number of aromatic amines is 1. The van der Waals surface area contributed by atoms with Gasteiger partial charge < -0.3 is 9.72 Å². The molecule has 1 unspecified atom stereocenters. The Kier molecular flexibility index (Phi) is 7.62. The normalized spacial score (nSPS) is 20.8. The molecule has 30 heavy (non-hydrogen) atoms. The molecule has 0 amide bonds. The minimum atomic E-state index is 0.168. The maximum Gasteiger partial charge on any atom is 0.107 e. The minimum absolute atomic E-state index is 0.168. The molecule has 0 bridgehead atoms. The number of rotatable bonds is 10. The van der Waals surface area contributed by atoms with E-state index >= 15 is 0 Å². The van der Waals surface area contributed by atoms with Crippen LogP contribution >= 0.6 is 0 Å². The van der Waals surface area contributed by atoms with E-state index in [2.05, 4.69) is 69.6 Å². The summed E-state index contributed by atoms with van der Waals surface area (Å²) in [6.07, 6.45) is 7.62. The van der Waals surface area contributed by atoms with Gasteiger partial charge in [0.05, 0.1) is 17.1 Å². The third-order valence-corrected chi connectivity index (χ3v) is 6.89. The molecule has 168 valence electrons. The van der Waals surface area contributed by atoms with Gasteiger partial charge in [-0.05, 0) is 68.6 Å². The highest BCUT2D eigenvalue weighted by atomic mass is 16.5. The number of nitrogens with one attached hydrogen (secondary N) is 1. The number of aryl methyl sites for hydroxylation is 1. The SMILES string of the molecule is CCCC(CN(C(C)C)C1CC(CCc2nc3ccc(C(C)(C)C)cc3[nH]2)C1)OC. The van der Waals surface area contributed by atoms with Gasteiger partial charge in [-0.1, -0.05) is 40.2 Å². The van der Waals surface area contributed by atoms with Gasteiger partial charge >= 0.3 is 0 Å². The van der Waals surface area contributed by atoms with Gasteiger partial charge in [-0.25, -0.2) is 4.98 Å². The lowest BCUT2D eigenvalue weighted by molar-refractivity contribution is -0.00703. The Morgan fingerprint density at radius 1 is 1.23 bits per heavy atom. The van der Waals surface area contributed by atoms with Gasteiger partial charge in [0.1, 0.15) is 5.82 Å². The van der Waals surface area contributed by atoms with Gasteiger partial charge in [0, 0.05) is 32.2 Å². The molecule has 1 saturated carbocycles. The fourth-order valence-electron chi connectivity index (χ4n) is 4.82. The highest BCUT2D eigenvalue weighted by molar-refractivity contribution is 5.76. The molecule has 0 saturated heterocycles. The Labute approximate surface area is 183 Å². The van der Waals surface area contributed by atoms with Crippen molar-refractivity contribution in [2.24, 2.45) is 5.92 Å². The van der Waals surface area contributed by atoms with E-state index in [9.17, 15) is 0 Å². The second kappa shape index (κ2) is 9.82. The second-order valence-corrected chi connectivity index (χ2v) is 10.6. The van der Waals surface area contributed by atoms with Crippen molar-refractivity contribution in [3.8, 4) is 0 Å². The van der Waals surface area contributed by atoms with Gasteiger partial charge in [-0.2, -0.15) is 0 Å². The number of fused-ring (bicyclic) bond motifs is 1. The lowest BCUT2D eigenvalue weighted by atomic mass is 9.76. The van der Waals surface area contributed by atoms with Crippen LogP contribution in [-0.2, 0) is 16.6 Å². The largest absolute Gasteiger partial charge is 0.380 e. The van der Waals surface area contributed by atoms with Crippen molar-refractivity contribution >= 4 is 11.0 Å². The molecule has 1 fully saturated rings. The molecule has 1 atom stereocenters. The third-order valence-electron chi connectivity index (χ3n) is 6.89. The Balaban J connectivity index is 1.52. The standard InChI is InChI=1S/C26H43N3O/c1-8-9-22(30-7)17-29(18(2)3)21-14-19(15-21)10-13-25-27-23-12-11-20(26(4,5)6)16-24(23)28-25/h11-12,16,18-19,21-22H,8-10,13-15,17H2,1-7H3,(H,27,28). The van der Waals surface area contributed by atoms with Crippen molar-refractivity contribution in [2.45, 2.75) is 104 Å². The van der Waals surface area contributed by atoms with E-state index in [1.54, 1.807) is 0 Å². The highest BCUT2D eigenvalue weighted by Gasteiger charge is 2.35. The summed E-state index contributed by atoms with van der Waals surface area (Å²) in [6, 6.07) is 7.95. The van der Waals surface area contributed by atoms with E-state index in [0.717, 1.165) is 42.7 Å². The zero-order valence-electron chi connectivity index (χ0n) is 20.3. The first-order valence-electron chi connectivity index (χ1n) is 12.0. The average molecular weight is 414 g/mol. The molecule has 1 aliphatic rings. The fourth-order valence-corrected chi connectivity index (χ4v) is 4.82. The molecule has 0 spiro atoms. The van der Waals surface area contributed by atoms with Crippen LogP contribution in [0.3, 0.4) is 0 Å². The van der Waals surface area contributed by atoms with Crippen LogP contribution in [-0.4, -0.2) is 46.7 Å². The first-order valence-corrected chi connectivity index (χ1v) is 12.0. The zero-order chi connectivity index (χ0) is 21.9. The maximum absolute atomic E-state index is 5.73. The van der Waals surface area contributed by atoms with E-state index < -0.39 is 0 Å². The van der Waals surface area contributed by atoms with Crippen molar-refractivity contribution in [2.75, 3.05) is 13.7 Å². The van der Waals surface area contributed by atoms with Crippen LogP contribution in [0.2, 0.25) is 0 Å². The van der Waals surface area contributed by atoms with E-state index in [0.29, 0.717) is 12.1 Å². The lowest BCUT2D eigenvalue weighted by Gasteiger charge is -2.46. The molecule has 1 heterocycles. The summed E-state index contributed by atoms with van der Waals surface area (Å²) in [7, 11) is 1.86. The molecule has 4 heteroatoms. The topological polar surface area (TPSA) is 41.2 Å². The van der Waals surface area contributed by atoms with Gasteiger partial charge in [0.25, 0.3) is 0 Å². The second-order valence-electron chi connectivity index (χ2n) is 10.6. The summed E-state index contributed by atoms with van der Waals surface area (Å²) in [6.45, 7) is 14.7. The van der Waals surface area contributed by atoms with E-state index in [-0.39, 0.29) is 5.41 Å². The monoisotopic (exact) mass is 413 g/mol. The molecule has 1 aromatic carbocycles. The van der Waals surface area contributed by atoms with Crippen LogP contribution in [0.1, 0.15) is 85.0 Å². The van der Waals surface area contributed by atoms with Crippen molar-refractivity contribution in [1.82, 2.24) is 14.9 Å². The Bertz CT molecular complexity index is 798. The highest BCUT2D eigenvalue weighted by Crippen LogP contribution is 2.36. The number of benzene rings is 1. The van der Waals surface area contributed by atoms with Crippen LogP contribution < -0.4 is 0 Å². The summed E-state index contributed by atoms with van der Waals surface area (Å²) in [4.78, 5) is 11.1. The van der Waals surface area contributed by atoms with Crippen LogP contribution in [0.5, 0.6) is 0 Å². The molecule has 4 nitrogen and oxygen atoms in total. The van der Waals surface area contributed by atoms with Crippen molar-refractivity contribution in [3.63, 3.8) is 0 Å². The number of nitrogens with zero attached hydrogens (tertiary/aromatic N) is 2. The molecule has 1 aromatic heterocycles. The fraction of sp³-hybridized carbons (Fsp3) is 0.731. The smallest absolute Gasteiger partial charge is 0.107 e. The number of ether oxygens (including phenoxy) is 1. The van der Waals surface area contributed by atoms with Crippen molar-refractivity contribution < 1.29 is 4.74 Å². The number of aromatic nitrogens is 2. The van der Waals surface area contributed by atoms with E-state index in [1.807, 2.05) is 7.11 Å². The zero-order valence-corrected chi connectivity index (χ0v) is 20.3. The van der Waals surface area contributed by atoms with E-state index in [4.69, 9.17) is 9.72 Å². The maximum atomic E-state index is 5.73. The Hall–Kier alpha value is -1.39. The Morgan fingerprint density at radius 3 is 2.57 bits per heavy atom. The quantitative estimate of drug-likeness (QED) is 0.512. The average Bonchev–Trinajstić information content (AvgIpc) is 3.06. The van der Waals surface area contributed by atoms with Crippen LogP contribution in [0.15, 0.2) is 18.2 Å². The van der Waals surface area contributed by atoms with Crippen LogP contribution in [0.25, 0.3) is 11.0 Å². The summed E-state index contributed by atoms with van der Waals surface area (Å²) in [5.74, 6) is 1.96. The Morgan fingerprint density at radius 2 is 1.97 bits per heavy atom. The first-order chi connectivity index (χ1) is 14.2. The predicted octanol–water partition coefficient (Wildman–Crippen LogP) is 6.10. The molecule has 1 N–H and O–H groups in total. The van der Waals surface area contributed by atoms with Crippen molar-refractivity contribution in [3.05, 3.63) is 29.6 Å². The molecule has 1 aliphatic carbocycles. The van der Waals surface area contributed by atoms with Gasteiger partial charge in [-0.3, -0.25) is 4.90 Å². The van der Waals surface area contributed by atoms with Gasteiger partial charge in [0.15, 0.2) is 0 Å². The summed E-state index contributed by atoms with van der Waals surface area (Å²) >= 11 is 0. The lowest BCUT2D eigenvalue weighted by Crippen LogP contribution is -2.51. The number of hydrogen-bond donors (Lipinski definition) is 1. The number of H-pyrrole nitrogens is 1. The number of imidazole rings is 1. The van der Waals surface area contributed by atoms with Crippen LogP contribution in [0, 0.1) is 5.92 Å². The number of hydrogen-bond acceptors (Lipinski definition) is 3. The molecular weight excluding hydrogens is 370 g/mol. The number of methoxy groups -OCH3 is 1. The van der Waals surface area contributed by atoms with Crippen LogP contribution in [0.4, 0.5) is 0 Å². The molecule has 0 radical (unpaired) electrons. The minimum Gasteiger partial charge on any atom is -0.380 e. The molecule has 2 aromatic rings. The van der Waals surface area contributed by atoms with Gasteiger partial charge in [0.2, 0.25) is 0 Å². The summed E-state index contributed by atoms with van der Waals surface area (Å²) in [5, 5.41) is 0.